The number of carbonyl (C=O) groups excluding carboxylic acids is 1. The van der Waals surface area contributed by atoms with Gasteiger partial charge in [-0.1, -0.05) is 33.1 Å². The van der Waals surface area contributed by atoms with Crippen LogP contribution in [0.1, 0.15) is 59.3 Å². The molecule has 0 saturated carbocycles. The van der Waals surface area contributed by atoms with Crippen LogP contribution in [0.5, 0.6) is 0 Å². The van der Waals surface area contributed by atoms with Gasteiger partial charge in [0.2, 0.25) is 5.91 Å². The number of nitrogens with two attached hydrogens (primary N) is 1. The van der Waals surface area contributed by atoms with Crippen molar-refractivity contribution in [1.82, 2.24) is 5.32 Å². The maximum atomic E-state index is 11.1. The first kappa shape index (κ1) is 15.0. The number of rotatable bonds is 9. The Hall–Kier alpha value is -0.990. The van der Waals surface area contributed by atoms with Crippen molar-refractivity contribution in [3.8, 4) is 0 Å². The van der Waals surface area contributed by atoms with Crippen LogP contribution in [-0.2, 0) is 4.79 Å². The van der Waals surface area contributed by atoms with E-state index in [4.69, 9.17) is 5.73 Å². The Morgan fingerprint density at radius 3 is 2.25 bits per heavy atom. The summed E-state index contributed by atoms with van der Waals surface area (Å²) in [7, 11) is 0. The summed E-state index contributed by atoms with van der Waals surface area (Å²) in [5.41, 5.74) is 7.02. The zero-order valence-electron chi connectivity index (χ0n) is 10.9. The van der Waals surface area contributed by atoms with Gasteiger partial charge < -0.3 is 11.1 Å². The predicted octanol–water partition coefficient (Wildman–Crippen LogP) is 2.72. The normalized spacial score (nSPS) is 12.2. The van der Waals surface area contributed by atoms with Crippen LogP contribution in [0.15, 0.2) is 11.3 Å². The van der Waals surface area contributed by atoms with Crippen molar-refractivity contribution >= 4 is 5.91 Å². The summed E-state index contributed by atoms with van der Waals surface area (Å²) in [5.74, 6) is -0.311. The fraction of sp³-hybridized carbons (Fsp3) is 0.769. The van der Waals surface area contributed by atoms with Crippen LogP contribution >= 0.6 is 0 Å². The molecule has 94 valence electrons. The molecule has 1 amide bonds. The first-order valence-corrected chi connectivity index (χ1v) is 6.36. The number of amides is 1. The highest BCUT2D eigenvalue weighted by atomic mass is 16.1. The average Bonchev–Trinajstić information content (AvgIpc) is 2.27. The second-order valence-corrected chi connectivity index (χ2v) is 4.21. The second-order valence-electron chi connectivity index (χ2n) is 4.21. The lowest BCUT2D eigenvalue weighted by atomic mass is 10.1. The number of allylic oxidation sites excluding steroid dienone is 1. The van der Waals surface area contributed by atoms with Crippen LogP contribution in [0.3, 0.4) is 0 Å². The Balaban J connectivity index is 4.21. The quantitative estimate of drug-likeness (QED) is 0.469. The van der Waals surface area contributed by atoms with Gasteiger partial charge in [-0.3, -0.25) is 4.79 Å². The molecule has 0 aliphatic carbocycles. The van der Waals surface area contributed by atoms with Crippen LogP contribution in [0.2, 0.25) is 0 Å². The van der Waals surface area contributed by atoms with Gasteiger partial charge in [0.1, 0.15) is 0 Å². The van der Waals surface area contributed by atoms with E-state index in [1.165, 1.54) is 12.8 Å². The molecular weight excluding hydrogens is 200 g/mol. The summed E-state index contributed by atoms with van der Waals surface area (Å²) in [6.45, 7) is 7.08. The van der Waals surface area contributed by atoms with E-state index in [9.17, 15) is 4.79 Å². The second kappa shape index (κ2) is 9.25. The van der Waals surface area contributed by atoms with Crippen LogP contribution < -0.4 is 11.1 Å². The molecule has 0 atom stereocenters. The third kappa shape index (κ3) is 6.49. The molecule has 0 aromatic rings. The van der Waals surface area contributed by atoms with Crippen LogP contribution in [0.4, 0.5) is 0 Å². The molecule has 0 fully saturated rings. The van der Waals surface area contributed by atoms with E-state index in [0.717, 1.165) is 37.9 Å². The molecule has 16 heavy (non-hydrogen) atoms. The van der Waals surface area contributed by atoms with Gasteiger partial charge in [-0.05, 0) is 26.2 Å². The molecule has 0 rings (SSSR count). The van der Waals surface area contributed by atoms with Crippen molar-refractivity contribution < 1.29 is 4.79 Å². The fourth-order valence-corrected chi connectivity index (χ4v) is 1.53. The monoisotopic (exact) mass is 226 g/mol. The van der Waals surface area contributed by atoms with Crippen molar-refractivity contribution in [2.24, 2.45) is 5.73 Å². The third-order valence-corrected chi connectivity index (χ3v) is 2.72. The van der Waals surface area contributed by atoms with Gasteiger partial charge >= 0.3 is 0 Å². The minimum Gasteiger partial charge on any atom is -0.388 e. The molecule has 0 saturated heterocycles. The van der Waals surface area contributed by atoms with Gasteiger partial charge in [0.15, 0.2) is 0 Å². The molecule has 0 radical (unpaired) electrons. The summed E-state index contributed by atoms with van der Waals surface area (Å²) >= 11 is 0. The molecule has 0 aliphatic heterocycles. The molecule has 0 unspecified atom stereocenters. The molecule has 0 heterocycles. The van der Waals surface area contributed by atoms with E-state index < -0.39 is 0 Å². The highest BCUT2D eigenvalue weighted by molar-refractivity contribution is 5.91. The highest BCUT2D eigenvalue weighted by Crippen LogP contribution is 2.10. The molecule has 0 spiro atoms. The largest absolute Gasteiger partial charge is 0.388 e. The molecule has 3 N–H and O–H groups in total. The molecule has 0 aliphatic rings. The lowest BCUT2D eigenvalue weighted by Crippen LogP contribution is -2.22. The van der Waals surface area contributed by atoms with Crippen LogP contribution in [0.25, 0.3) is 0 Å². The van der Waals surface area contributed by atoms with E-state index >= 15 is 0 Å². The first-order valence-electron chi connectivity index (χ1n) is 6.36. The standard InChI is InChI=1S/C13H26N2O/c1-4-6-8-10-15-12(9-7-5-2)11(3)13(14)16/h15H,4-10H2,1-3H3,(H2,14,16)/b12-11-. The SMILES string of the molecule is CCCCCN/C(CCCC)=C(/C)C(N)=O. The van der Waals surface area contributed by atoms with Crippen molar-refractivity contribution in [1.29, 1.82) is 0 Å². The number of nitrogens with one attached hydrogen (secondary N) is 1. The molecule has 0 bridgehead atoms. The summed E-state index contributed by atoms with van der Waals surface area (Å²) in [5, 5.41) is 3.35. The summed E-state index contributed by atoms with van der Waals surface area (Å²) in [6, 6.07) is 0. The first-order chi connectivity index (χ1) is 7.63. The maximum absolute atomic E-state index is 11.1. The van der Waals surface area contributed by atoms with E-state index in [-0.39, 0.29) is 5.91 Å². The minimum absolute atomic E-state index is 0.311. The van der Waals surface area contributed by atoms with Crippen molar-refractivity contribution in [3.05, 3.63) is 11.3 Å². The molecule has 3 heteroatoms. The zero-order chi connectivity index (χ0) is 12.4. The number of unbranched alkanes of at least 4 members (excludes halogenated alkanes) is 3. The van der Waals surface area contributed by atoms with Gasteiger partial charge in [-0.25, -0.2) is 0 Å². The number of primary amides is 1. The molecular formula is C13H26N2O. The van der Waals surface area contributed by atoms with E-state index in [1.807, 2.05) is 0 Å². The topological polar surface area (TPSA) is 55.1 Å². The van der Waals surface area contributed by atoms with Gasteiger partial charge in [-0.2, -0.15) is 0 Å². The predicted molar refractivity (Wildman–Crippen MR) is 68.9 cm³/mol. The Kier molecular flexibility index (Phi) is 8.68. The summed E-state index contributed by atoms with van der Waals surface area (Å²) < 4.78 is 0. The number of hydrogen-bond donors (Lipinski definition) is 2. The highest BCUT2D eigenvalue weighted by Gasteiger charge is 2.06. The third-order valence-electron chi connectivity index (χ3n) is 2.72. The Morgan fingerprint density at radius 1 is 1.12 bits per heavy atom. The Bertz CT molecular complexity index is 234. The van der Waals surface area contributed by atoms with Crippen molar-refractivity contribution in [3.63, 3.8) is 0 Å². The Morgan fingerprint density at radius 2 is 1.75 bits per heavy atom. The van der Waals surface area contributed by atoms with Gasteiger partial charge in [-0.15, -0.1) is 0 Å². The Labute approximate surface area is 99.5 Å². The molecule has 3 nitrogen and oxygen atoms in total. The molecule has 0 aromatic heterocycles. The summed E-state index contributed by atoms with van der Waals surface area (Å²) in [6.07, 6.45) is 6.75. The lowest BCUT2D eigenvalue weighted by Gasteiger charge is -2.13. The van der Waals surface area contributed by atoms with E-state index in [2.05, 4.69) is 19.2 Å². The average molecular weight is 226 g/mol. The fourth-order valence-electron chi connectivity index (χ4n) is 1.53. The van der Waals surface area contributed by atoms with Gasteiger partial charge in [0.25, 0.3) is 0 Å². The molecule has 0 aromatic carbocycles. The van der Waals surface area contributed by atoms with E-state index in [0.29, 0.717) is 5.57 Å². The number of carbonyl (C=O) groups is 1. The zero-order valence-corrected chi connectivity index (χ0v) is 10.9. The minimum atomic E-state index is -0.311. The van der Waals surface area contributed by atoms with Crippen LogP contribution in [-0.4, -0.2) is 12.5 Å². The van der Waals surface area contributed by atoms with Crippen molar-refractivity contribution in [2.75, 3.05) is 6.54 Å². The smallest absolute Gasteiger partial charge is 0.246 e. The van der Waals surface area contributed by atoms with Crippen LogP contribution in [0, 0.1) is 0 Å². The summed E-state index contributed by atoms with van der Waals surface area (Å²) in [4.78, 5) is 11.1. The van der Waals surface area contributed by atoms with E-state index in [1.54, 1.807) is 6.92 Å². The maximum Gasteiger partial charge on any atom is 0.246 e. The lowest BCUT2D eigenvalue weighted by molar-refractivity contribution is -0.114. The van der Waals surface area contributed by atoms with Crippen molar-refractivity contribution in [2.45, 2.75) is 59.3 Å². The van der Waals surface area contributed by atoms with Gasteiger partial charge in [0.05, 0.1) is 0 Å². The van der Waals surface area contributed by atoms with Gasteiger partial charge in [0, 0.05) is 17.8 Å². The number of hydrogen-bond acceptors (Lipinski definition) is 2.